The summed E-state index contributed by atoms with van der Waals surface area (Å²) in [5.74, 6) is 0.788. The lowest BCUT2D eigenvalue weighted by atomic mass is 10.0. The maximum atomic E-state index is 4.14. The van der Waals surface area contributed by atoms with Crippen molar-refractivity contribution in [2.45, 2.75) is 46.1 Å². The van der Waals surface area contributed by atoms with Gasteiger partial charge in [-0.3, -0.25) is 0 Å². The molecule has 0 amide bonds. The average molecular weight is 257 g/mol. The summed E-state index contributed by atoms with van der Waals surface area (Å²) in [6.45, 7) is 6.78. The lowest BCUT2D eigenvalue weighted by molar-refractivity contribution is 0.520. The molecule has 2 aromatic rings. The summed E-state index contributed by atoms with van der Waals surface area (Å²) in [4.78, 5) is 0. The van der Waals surface area contributed by atoms with Gasteiger partial charge in [-0.1, -0.05) is 44.9 Å². The number of hydrogen-bond donors (Lipinski definition) is 1. The molecular weight excluding hydrogens is 234 g/mol. The molecule has 19 heavy (non-hydrogen) atoms. The Labute approximate surface area is 115 Å². The average Bonchev–Trinajstić information content (AvgIpc) is 2.39. The highest BCUT2D eigenvalue weighted by Gasteiger charge is 2.06. The van der Waals surface area contributed by atoms with E-state index in [1.807, 2.05) is 24.4 Å². The Bertz CT molecular complexity index is 517. The second kappa shape index (κ2) is 6.50. The van der Waals surface area contributed by atoms with E-state index in [2.05, 4.69) is 42.4 Å². The van der Waals surface area contributed by atoms with Gasteiger partial charge in [0.15, 0.2) is 0 Å². The van der Waals surface area contributed by atoms with E-state index in [4.69, 9.17) is 0 Å². The summed E-state index contributed by atoms with van der Waals surface area (Å²) in [5, 5.41) is 12.9. The SMILES string of the molecule is CC(C)CCCC(C)Nc1cnnc2ccccc12. The summed E-state index contributed by atoms with van der Waals surface area (Å²) >= 11 is 0. The standard InChI is InChI=1S/C16H23N3/c1-12(2)7-6-8-13(3)18-16-11-17-19-15-10-5-4-9-14(15)16/h4-5,9-13H,6-8H2,1-3H3,(H,18,19). The van der Waals surface area contributed by atoms with Crippen LogP contribution in [-0.4, -0.2) is 16.2 Å². The zero-order chi connectivity index (χ0) is 13.7. The summed E-state index contributed by atoms with van der Waals surface area (Å²) in [6.07, 6.45) is 5.57. The maximum absolute atomic E-state index is 4.14. The minimum Gasteiger partial charge on any atom is -0.381 e. The van der Waals surface area contributed by atoms with Crippen LogP contribution in [-0.2, 0) is 0 Å². The third kappa shape index (κ3) is 3.91. The van der Waals surface area contributed by atoms with Crippen molar-refractivity contribution in [3.8, 4) is 0 Å². The summed E-state index contributed by atoms with van der Waals surface area (Å²) in [6, 6.07) is 8.58. The molecule has 0 radical (unpaired) electrons. The number of anilines is 1. The van der Waals surface area contributed by atoms with E-state index in [9.17, 15) is 0 Å². The lowest BCUT2D eigenvalue weighted by Gasteiger charge is -2.16. The Morgan fingerprint density at radius 2 is 1.89 bits per heavy atom. The number of aromatic nitrogens is 2. The third-order valence-electron chi connectivity index (χ3n) is 3.37. The van der Waals surface area contributed by atoms with Gasteiger partial charge in [-0.15, -0.1) is 0 Å². The molecule has 3 heteroatoms. The van der Waals surface area contributed by atoms with Gasteiger partial charge in [-0.25, -0.2) is 0 Å². The molecular formula is C16H23N3. The van der Waals surface area contributed by atoms with Crippen LogP contribution in [0.25, 0.3) is 10.9 Å². The molecule has 3 nitrogen and oxygen atoms in total. The molecule has 0 aliphatic heterocycles. The molecule has 102 valence electrons. The normalized spacial score (nSPS) is 12.8. The van der Waals surface area contributed by atoms with Gasteiger partial charge in [-0.2, -0.15) is 10.2 Å². The predicted molar refractivity (Wildman–Crippen MR) is 81.3 cm³/mol. The zero-order valence-electron chi connectivity index (χ0n) is 12.1. The van der Waals surface area contributed by atoms with Gasteiger partial charge >= 0.3 is 0 Å². The first-order valence-electron chi connectivity index (χ1n) is 7.14. The first kappa shape index (κ1) is 13.8. The lowest BCUT2D eigenvalue weighted by Crippen LogP contribution is -2.15. The zero-order valence-corrected chi connectivity index (χ0v) is 12.1. The van der Waals surface area contributed by atoms with Gasteiger partial charge in [0.05, 0.1) is 17.4 Å². The Kier molecular flexibility index (Phi) is 4.72. The number of nitrogens with one attached hydrogen (secondary N) is 1. The van der Waals surface area contributed by atoms with Gasteiger partial charge in [-0.05, 0) is 25.3 Å². The smallest absolute Gasteiger partial charge is 0.0950 e. The molecule has 0 spiro atoms. The van der Waals surface area contributed by atoms with E-state index in [-0.39, 0.29) is 0 Å². The van der Waals surface area contributed by atoms with Crippen LogP contribution in [0.3, 0.4) is 0 Å². The van der Waals surface area contributed by atoms with Crippen molar-refractivity contribution in [1.82, 2.24) is 10.2 Å². The van der Waals surface area contributed by atoms with Gasteiger partial charge in [0.2, 0.25) is 0 Å². The van der Waals surface area contributed by atoms with E-state index in [1.54, 1.807) is 0 Å². The van der Waals surface area contributed by atoms with Gasteiger partial charge in [0, 0.05) is 11.4 Å². The molecule has 1 aromatic carbocycles. The van der Waals surface area contributed by atoms with Crippen molar-refractivity contribution in [3.63, 3.8) is 0 Å². The van der Waals surface area contributed by atoms with E-state index in [1.165, 1.54) is 19.3 Å². The van der Waals surface area contributed by atoms with Gasteiger partial charge < -0.3 is 5.32 Å². The number of rotatable bonds is 6. The molecule has 0 bridgehead atoms. The molecule has 0 fully saturated rings. The van der Waals surface area contributed by atoms with Crippen LogP contribution in [0.2, 0.25) is 0 Å². The topological polar surface area (TPSA) is 37.8 Å². The first-order chi connectivity index (χ1) is 9.16. The Balaban J connectivity index is 2.00. The summed E-state index contributed by atoms with van der Waals surface area (Å²) in [5.41, 5.74) is 2.03. The molecule has 2 rings (SSSR count). The van der Waals surface area contributed by atoms with Crippen molar-refractivity contribution >= 4 is 16.6 Å². The van der Waals surface area contributed by atoms with Crippen molar-refractivity contribution < 1.29 is 0 Å². The monoisotopic (exact) mass is 257 g/mol. The third-order valence-corrected chi connectivity index (χ3v) is 3.37. The fraction of sp³-hybridized carbons (Fsp3) is 0.500. The van der Waals surface area contributed by atoms with Crippen LogP contribution in [0.4, 0.5) is 5.69 Å². The minimum atomic E-state index is 0.464. The molecule has 0 aliphatic rings. The summed E-state index contributed by atoms with van der Waals surface area (Å²) in [7, 11) is 0. The van der Waals surface area contributed by atoms with Crippen molar-refractivity contribution in [2.75, 3.05) is 5.32 Å². The van der Waals surface area contributed by atoms with E-state index in [0.717, 1.165) is 22.5 Å². The van der Waals surface area contributed by atoms with E-state index < -0.39 is 0 Å². The number of benzene rings is 1. The molecule has 0 saturated carbocycles. The van der Waals surface area contributed by atoms with E-state index >= 15 is 0 Å². The van der Waals surface area contributed by atoms with Gasteiger partial charge in [0.25, 0.3) is 0 Å². The molecule has 1 atom stereocenters. The van der Waals surface area contributed by atoms with Crippen molar-refractivity contribution in [3.05, 3.63) is 30.5 Å². The highest BCUT2D eigenvalue weighted by molar-refractivity contribution is 5.90. The predicted octanol–water partition coefficient (Wildman–Crippen LogP) is 4.26. The molecule has 1 unspecified atom stereocenters. The maximum Gasteiger partial charge on any atom is 0.0950 e. The Morgan fingerprint density at radius 3 is 2.68 bits per heavy atom. The highest BCUT2D eigenvalue weighted by atomic mass is 15.1. The second-order valence-corrected chi connectivity index (χ2v) is 5.65. The number of hydrogen-bond acceptors (Lipinski definition) is 3. The highest BCUT2D eigenvalue weighted by Crippen LogP contribution is 2.21. The fourth-order valence-corrected chi connectivity index (χ4v) is 2.29. The number of nitrogens with zero attached hydrogens (tertiary/aromatic N) is 2. The quantitative estimate of drug-likeness (QED) is 0.840. The molecule has 1 N–H and O–H groups in total. The van der Waals surface area contributed by atoms with Gasteiger partial charge in [0.1, 0.15) is 0 Å². The van der Waals surface area contributed by atoms with Crippen molar-refractivity contribution in [2.24, 2.45) is 5.92 Å². The van der Waals surface area contributed by atoms with Crippen LogP contribution in [0, 0.1) is 5.92 Å². The Morgan fingerprint density at radius 1 is 1.11 bits per heavy atom. The van der Waals surface area contributed by atoms with E-state index in [0.29, 0.717) is 6.04 Å². The first-order valence-corrected chi connectivity index (χ1v) is 7.14. The van der Waals surface area contributed by atoms with Crippen LogP contribution < -0.4 is 5.32 Å². The van der Waals surface area contributed by atoms with Crippen molar-refractivity contribution in [1.29, 1.82) is 0 Å². The molecule has 1 aromatic heterocycles. The van der Waals surface area contributed by atoms with Crippen LogP contribution >= 0.6 is 0 Å². The molecule has 1 heterocycles. The van der Waals surface area contributed by atoms with Crippen LogP contribution in [0.15, 0.2) is 30.5 Å². The molecule has 0 aliphatic carbocycles. The fourth-order valence-electron chi connectivity index (χ4n) is 2.29. The second-order valence-electron chi connectivity index (χ2n) is 5.65. The number of fused-ring (bicyclic) bond motifs is 1. The minimum absolute atomic E-state index is 0.464. The largest absolute Gasteiger partial charge is 0.381 e. The summed E-state index contributed by atoms with van der Waals surface area (Å²) < 4.78 is 0. The molecule has 0 saturated heterocycles. The van der Waals surface area contributed by atoms with Crippen LogP contribution in [0.5, 0.6) is 0 Å². The van der Waals surface area contributed by atoms with Crippen LogP contribution in [0.1, 0.15) is 40.0 Å². The Hall–Kier alpha value is -1.64.